The Bertz CT molecular complexity index is 1200. The van der Waals surface area contributed by atoms with Crippen molar-refractivity contribution in [3.63, 3.8) is 0 Å². The van der Waals surface area contributed by atoms with E-state index < -0.39 is 72.6 Å². The Hall–Kier alpha value is -2.31. The highest BCUT2D eigenvalue weighted by atomic mass is 16.6. The van der Waals surface area contributed by atoms with Gasteiger partial charge in [0.1, 0.15) is 24.7 Å². The number of amides is 1. The number of carbonyl (C=O) groups excluding carboxylic acids is 1. The molecule has 0 radical (unpaired) electrons. The van der Waals surface area contributed by atoms with Gasteiger partial charge >= 0.3 is 6.09 Å². The van der Waals surface area contributed by atoms with Gasteiger partial charge in [-0.15, -0.1) is 0 Å². The predicted octanol–water partition coefficient (Wildman–Crippen LogP) is 2.79. The van der Waals surface area contributed by atoms with E-state index in [1.165, 1.54) is 20.8 Å². The smallest absolute Gasteiger partial charge is 0.410 e. The van der Waals surface area contributed by atoms with E-state index >= 15 is 0 Å². The summed E-state index contributed by atoms with van der Waals surface area (Å²) in [7, 11) is 0.811. The number of aromatic nitrogens is 3. The summed E-state index contributed by atoms with van der Waals surface area (Å²) < 4.78 is 107. The number of H-pyrrole nitrogens is 1. The fourth-order valence-corrected chi connectivity index (χ4v) is 1.85. The minimum absolute atomic E-state index is 0.0180. The Balaban J connectivity index is 2.36. The zero-order valence-electron chi connectivity index (χ0n) is 25.6. The molecular formula is C17H25N5O2. The van der Waals surface area contributed by atoms with Gasteiger partial charge in [-0.1, -0.05) is 0 Å². The molecule has 0 saturated carbocycles. The van der Waals surface area contributed by atoms with E-state index in [4.69, 9.17) is 21.2 Å². The molecule has 7 nitrogen and oxygen atoms in total. The van der Waals surface area contributed by atoms with Crippen molar-refractivity contribution in [3.05, 3.63) is 18.5 Å². The molecule has 24 heavy (non-hydrogen) atoms. The van der Waals surface area contributed by atoms with Gasteiger partial charge < -0.3 is 19.5 Å². The van der Waals surface area contributed by atoms with Gasteiger partial charge in [-0.2, -0.15) is 0 Å². The highest BCUT2D eigenvalue weighted by Crippen LogP contribution is 2.26. The number of rotatable bonds is 2. The molecule has 0 bridgehead atoms. The second-order valence-corrected chi connectivity index (χ2v) is 5.95. The van der Waals surface area contributed by atoms with Crippen molar-refractivity contribution in [1.82, 2.24) is 19.8 Å². The third-order valence-electron chi connectivity index (χ3n) is 2.94. The maximum atomic E-state index is 12.8. The largest absolute Gasteiger partial charge is 0.444 e. The molecule has 1 fully saturated rings. The summed E-state index contributed by atoms with van der Waals surface area (Å²) in [5.41, 5.74) is -1.54. The van der Waals surface area contributed by atoms with Crippen molar-refractivity contribution in [3.8, 4) is 0 Å². The maximum absolute atomic E-state index is 12.8. The first kappa shape index (κ1) is 7.29. The van der Waals surface area contributed by atoms with Crippen molar-refractivity contribution in [2.45, 2.75) is 45.1 Å². The molecule has 130 valence electrons. The number of fused-ring (bicyclic) bond motifs is 1. The van der Waals surface area contributed by atoms with Crippen LogP contribution in [-0.4, -0.2) is 57.6 Å². The normalized spacial score (nSPS) is 33.4. The first-order chi connectivity index (χ1) is 16.0. The first-order valence-electron chi connectivity index (χ1n) is 13.0. The summed E-state index contributed by atoms with van der Waals surface area (Å²) in [5, 5.41) is -0.432. The Kier molecular flexibility index (Phi) is 1.91. The number of hydrogen-bond donors (Lipinski definition) is 1. The first-order valence-corrected chi connectivity index (χ1v) is 7.09. The van der Waals surface area contributed by atoms with Gasteiger partial charge in [-0.25, -0.2) is 14.8 Å². The Labute approximate surface area is 158 Å². The SMILES string of the molecule is [2H]c1nc(N2C([2H])([2H])C([2H])([2H])C([2H])(N(C)C(=O)OC(C)(C)C)C([2H])([2H])C2([2H])[2H])c2c([2H])cn([2H])c2n1. The molecule has 1 aliphatic rings. The molecule has 2 aromatic rings. The van der Waals surface area contributed by atoms with Gasteiger partial charge in [-0.3, -0.25) is 0 Å². The van der Waals surface area contributed by atoms with Crippen molar-refractivity contribution in [1.29, 1.82) is 0 Å². The fourth-order valence-electron chi connectivity index (χ4n) is 1.85. The van der Waals surface area contributed by atoms with Crippen LogP contribution in [0.15, 0.2) is 18.5 Å². The van der Waals surface area contributed by atoms with Crippen LogP contribution in [0.1, 0.15) is 48.6 Å². The summed E-state index contributed by atoms with van der Waals surface area (Å²) >= 11 is 0. The van der Waals surface area contributed by atoms with Crippen LogP contribution < -0.4 is 4.90 Å². The number of ether oxygens (including phenoxy) is 1. The zero-order valence-corrected chi connectivity index (χ0v) is 13.6. The van der Waals surface area contributed by atoms with E-state index in [0.717, 1.165) is 13.2 Å². The fraction of sp³-hybridized carbons (Fsp3) is 0.588. The molecule has 0 aromatic carbocycles. The van der Waals surface area contributed by atoms with Crippen LogP contribution in [0.5, 0.6) is 0 Å². The molecule has 0 spiro atoms. The monoisotopic (exact) mass is 343 g/mol. The highest BCUT2D eigenvalue weighted by molar-refractivity contribution is 5.87. The number of nitrogens with zero attached hydrogens (tertiary/aromatic N) is 4. The molecular weight excluding hydrogens is 306 g/mol. The van der Waals surface area contributed by atoms with E-state index in [2.05, 4.69) is 9.97 Å². The average molecular weight is 343 g/mol. The Morgan fingerprint density at radius 3 is 2.92 bits per heavy atom. The van der Waals surface area contributed by atoms with Gasteiger partial charge in [0.15, 0.2) is 1.41 Å². The predicted molar refractivity (Wildman–Crippen MR) is 93.1 cm³/mol. The van der Waals surface area contributed by atoms with E-state index in [1.807, 2.05) is 0 Å². The third-order valence-corrected chi connectivity index (χ3v) is 2.94. The molecule has 3 heterocycles. The van der Waals surface area contributed by atoms with E-state index in [-0.39, 0.29) is 9.80 Å². The number of carbonyl (C=O) groups is 1. The Morgan fingerprint density at radius 2 is 2.25 bits per heavy atom. The maximum Gasteiger partial charge on any atom is 0.410 e. The van der Waals surface area contributed by atoms with Crippen LogP contribution in [-0.2, 0) is 4.74 Å². The molecule has 1 aliphatic heterocycles. The van der Waals surface area contributed by atoms with Gasteiger partial charge in [-0.05, 0) is 39.6 Å². The molecule has 3 rings (SSSR count). The lowest BCUT2D eigenvalue weighted by Gasteiger charge is -2.37. The third kappa shape index (κ3) is 3.44. The summed E-state index contributed by atoms with van der Waals surface area (Å²) in [6.07, 6.45) is -8.66. The van der Waals surface area contributed by atoms with Crippen molar-refractivity contribution in [2.75, 3.05) is 24.9 Å². The minimum Gasteiger partial charge on any atom is -0.444 e. The summed E-state index contributed by atoms with van der Waals surface area (Å²) in [4.78, 5) is 20.9. The number of hydrogen-bond acceptors (Lipinski definition) is 5. The van der Waals surface area contributed by atoms with Gasteiger partial charge in [0.25, 0.3) is 0 Å². The van der Waals surface area contributed by atoms with Crippen LogP contribution in [0.25, 0.3) is 11.0 Å². The molecule has 0 unspecified atom stereocenters. The molecule has 1 saturated heterocycles. The van der Waals surface area contributed by atoms with Crippen LogP contribution >= 0.6 is 0 Å². The second kappa shape index (κ2) is 6.30. The minimum atomic E-state index is -3.67. The van der Waals surface area contributed by atoms with Crippen molar-refractivity contribution >= 4 is 22.9 Å². The lowest BCUT2D eigenvalue weighted by molar-refractivity contribution is 0.0201. The topological polar surface area (TPSA) is 74.3 Å². The van der Waals surface area contributed by atoms with E-state index in [1.54, 1.807) is 0 Å². The lowest BCUT2D eigenvalue weighted by Crippen LogP contribution is -2.47. The lowest BCUT2D eigenvalue weighted by atomic mass is 10.0. The summed E-state index contributed by atoms with van der Waals surface area (Å²) in [6.45, 7) is -2.81. The van der Waals surface area contributed by atoms with Crippen LogP contribution in [0.4, 0.5) is 10.6 Å². The molecule has 0 aliphatic carbocycles. The van der Waals surface area contributed by atoms with Crippen LogP contribution in [0.2, 0.25) is 1.41 Å². The Morgan fingerprint density at radius 1 is 1.54 bits per heavy atom. The van der Waals surface area contributed by atoms with Crippen LogP contribution in [0, 0.1) is 0 Å². The van der Waals surface area contributed by atoms with Gasteiger partial charge in [0.05, 0.1) is 8.13 Å². The summed E-state index contributed by atoms with van der Waals surface area (Å²) in [6, 6.07) is -4.02. The number of nitrogens with one attached hydrogen (secondary N) is 1. The van der Waals surface area contributed by atoms with E-state index in [0.29, 0.717) is 4.98 Å². The molecule has 1 amide bonds. The average Bonchev–Trinajstić information content (AvgIpc) is 2.97. The number of aromatic amines is 1. The number of anilines is 1. The molecule has 7 heteroatoms. The van der Waals surface area contributed by atoms with Gasteiger partial charge in [0.2, 0.25) is 0 Å². The quantitative estimate of drug-likeness (QED) is 0.907. The number of piperidine rings is 1. The van der Waals surface area contributed by atoms with E-state index in [9.17, 15) is 4.79 Å². The standard InChI is InChI=1S/C17H25N5O2/c1-17(2,3)24-16(23)21(4)12-6-9-22(10-7-12)15-13-5-8-18-14(13)19-11-20-15/h5,8,11-12H,6-7,9-10H2,1-4H3,(H,18,19,20)/i5D,6D2,7D2,9D2,10D2,11D,12D/hD. The summed E-state index contributed by atoms with van der Waals surface area (Å²) in [5.74, 6) is -0.856. The molecule has 0 atom stereocenters. The van der Waals surface area contributed by atoms with Crippen molar-refractivity contribution < 1.29 is 26.0 Å². The zero-order chi connectivity index (χ0) is 28.0. The molecule has 1 N–H and O–H groups in total. The highest BCUT2D eigenvalue weighted by Gasteiger charge is 2.29. The molecule has 2 aromatic heterocycles. The van der Waals surface area contributed by atoms with Crippen LogP contribution in [0.3, 0.4) is 0 Å². The van der Waals surface area contributed by atoms with Crippen molar-refractivity contribution in [2.24, 2.45) is 0 Å². The second-order valence-electron chi connectivity index (χ2n) is 5.95. The van der Waals surface area contributed by atoms with Gasteiger partial charge in [0, 0.05) is 43.2 Å².